The molecule has 1 heterocycles. The van der Waals surface area contributed by atoms with Gasteiger partial charge in [0.1, 0.15) is 12.4 Å². The summed E-state index contributed by atoms with van der Waals surface area (Å²) in [4.78, 5) is 18.1. The molecule has 0 radical (unpaired) electrons. The van der Waals surface area contributed by atoms with E-state index in [0.717, 1.165) is 29.2 Å². The molecular weight excluding hydrogens is 714 g/mol. The highest BCUT2D eigenvalue weighted by Crippen LogP contribution is 2.29. The third kappa shape index (κ3) is 6.26. The number of nitrogens with zero attached hydrogens (tertiary/aromatic N) is 3. The summed E-state index contributed by atoms with van der Waals surface area (Å²) in [5.41, 5.74) is 7.61. The third-order valence-electron chi connectivity index (χ3n) is 5.95. The number of halogens is 2. The fraction of sp³-hybridized carbons (Fsp3) is 0.0323. The van der Waals surface area contributed by atoms with Crippen molar-refractivity contribution in [2.45, 2.75) is 6.61 Å². The predicted octanol–water partition coefficient (Wildman–Crippen LogP) is 7.33. The zero-order chi connectivity index (χ0) is 27.2. The minimum atomic E-state index is -0.340. The van der Waals surface area contributed by atoms with Crippen LogP contribution in [0.5, 0.6) is 5.75 Å². The van der Waals surface area contributed by atoms with Gasteiger partial charge in [0.15, 0.2) is 0 Å². The summed E-state index contributed by atoms with van der Waals surface area (Å²) >= 11 is 4.45. The summed E-state index contributed by atoms with van der Waals surface area (Å²) in [6, 6.07) is 32.6. The van der Waals surface area contributed by atoms with E-state index in [-0.39, 0.29) is 12.5 Å². The maximum Gasteiger partial charge on any atom is 0.272 e. The van der Waals surface area contributed by atoms with Crippen molar-refractivity contribution >= 4 is 68.2 Å². The van der Waals surface area contributed by atoms with E-state index in [1.54, 1.807) is 18.3 Å². The molecule has 0 unspecified atom stereocenters. The van der Waals surface area contributed by atoms with Crippen molar-refractivity contribution in [2.24, 2.45) is 5.10 Å². The lowest BCUT2D eigenvalue weighted by Gasteiger charge is -2.13. The van der Waals surface area contributed by atoms with Crippen molar-refractivity contribution in [3.63, 3.8) is 0 Å². The summed E-state index contributed by atoms with van der Waals surface area (Å²) < 4.78 is 8.04. The normalized spacial score (nSPS) is 10.9. The highest BCUT2D eigenvalue weighted by molar-refractivity contribution is 14.1. The number of nitriles is 1. The number of nitrogens with one attached hydrogen (secondary N) is 1. The zero-order valence-electron chi connectivity index (χ0n) is 20.4. The van der Waals surface area contributed by atoms with Gasteiger partial charge in [-0.3, -0.25) is 4.79 Å². The first kappa shape index (κ1) is 26.8. The summed E-state index contributed by atoms with van der Waals surface area (Å²) in [6.07, 6.45) is 1.58. The van der Waals surface area contributed by atoms with Gasteiger partial charge in [-0.05, 0) is 75.5 Å². The van der Waals surface area contributed by atoms with Crippen LogP contribution in [0.4, 0.5) is 0 Å². The second-order valence-electron chi connectivity index (χ2n) is 8.50. The number of hydrogen-bond donors (Lipinski definition) is 1. The number of fused-ring (bicyclic) bond motifs is 1. The second kappa shape index (κ2) is 12.4. The number of ether oxygens (including phenoxy) is 1. The molecular formula is C31H20I2N4O2. The molecule has 1 aromatic heterocycles. The van der Waals surface area contributed by atoms with Gasteiger partial charge >= 0.3 is 0 Å². The first-order valence-electron chi connectivity index (χ1n) is 11.9. The fourth-order valence-corrected chi connectivity index (χ4v) is 6.12. The lowest BCUT2D eigenvalue weighted by atomic mass is 10.0. The number of carbonyl (C=O) groups excluding carboxylic acids is 1. The van der Waals surface area contributed by atoms with Gasteiger partial charge in [-0.1, -0.05) is 66.7 Å². The highest BCUT2D eigenvalue weighted by atomic mass is 127. The smallest absolute Gasteiger partial charge is 0.272 e. The molecule has 0 aliphatic rings. The molecule has 0 fully saturated rings. The molecule has 39 heavy (non-hydrogen) atoms. The molecule has 8 heteroatoms. The molecule has 1 amide bonds. The Labute approximate surface area is 253 Å². The van der Waals surface area contributed by atoms with Crippen LogP contribution < -0.4 is 10.2 Å². The van der Waals surface area contributed by atoms with E-state index in [4.69, 9.17) is 9.72 Å². The van der Waals surface area contributed by atoms with Crippen LogP contribution in [0, 0.1) is 18.5 Å². The number of pyridine rings is 1. The van der Waals surface area contributed by atoms with Gasteiger partial charge in [0.05, 0.1) is 38.2 Å². The number of hydrogen-bond acceptors (Lipinski definition) is 5. The van der Waals surface area contributed by atoms with Crippen LogP contribution >= 0.6 is 45.2 Å². The molecule has 6 nitrogen and oxygen atoms in total. The summed E-state index contributed by atoms with van der Waals surface area (Å²) in [7, 11) is 0. The van der Waals surface area contributed by atoms with Crippen molar-refractivity contribution in [3.05, 3.63) is 126 Å². The molecule has 190 valence electrons. The van der Waals surface area contributed by atoms with Crippen LogP contribution in [0.1, 0.15) is 27.0 Å². The Morgan fingerprint density at radius 2 is 1.72 bits per heavy atom. The molecule has 0 aliphatic carbocycles. The largest absolute Gasteiger partial charge is 0.487 e. The van der Waals surface area contributed by atoms with Crippen LogP contribution in [-0.4, -0.2) is 17.1 Å². The van der Waals surface area contributed by atoms with Crippen molar-refractivity contribution in [3.8, 4) is 23.1 Å². The molecule has 4 aromatic carbocycles. The number of rotatable bonds is 7. The van der Waals surface area contributed by atoms with Gasteiger partial charge in [-0.25, -0.2) is 10.4 Å². The fourth-order valence-electron chi connectivity index (χ4n) is 4.07. The number of hydrazone groups is 1. The van der Waals surface area contributed by atoms with Crippen LogP contribution in [0.15, 0.2) is 102 Å². The number of amides is 1. The van der Waals surface area contributed by atoms with E-state index in [0.29, 0.717) is 28.1 Å². The number of benzene rings is 4. The van der Waals surface area contributed by atoms with E-state index in [1.165, 1.54) is 0 Å². The lowest BCUT2D eigenvalue weighted by Crippen LogP contribution is -2.18. The van der Waals surface area contributed by atoms with Crippen molar-refractivity contribution in [1.29, 1.82) is 5.26 Å². The van der Waals surface area contributed by atoms with Crippen LogP contribution in [-0.2, 0) is 6.61 Å². The summed E-state index contributed by atoms with van der Waals surface area (Å²) in [5.74, 6) is 0.287. The molecule has 0 atom stereocenters. The van der Waals surface area contributed by atoms with E-state index >= 15 is 0 Å². The number of para-hydroxylation sites is 1. The van der Waals surface area contributed by atoms with E-state index < -0.39 is 0 Å². The van der Waals surface area contributed by atoms with Gasteiger partial charge in [-0.2, -0.15) is 10.4 Å². The Bertz CT molecular complexity index is 1750. The van der Waals surface area contributed by atoms with E-state index in [9.17, 15) is 10.1 Å². The maximum absolute atomic E-state index is 13.3. The molecule has 0 aliphatic heterocycles. The van der Waals surface area contributed by atoms with Crippen molar-refractivity contribution < 1.29 is 9.53 Å². The van der Waals surface area contributed by atoms with Crippen molar-refractivity contribution in [2.75, 3.05) is 0 Å². The van der Waals surface area contributed by atoms with Crippen LogP contribution in [0.2, 0.25) is 0 Å². The molecule has 0 bridgehead atoms. The molecule has 0 spiro atoms. The third-order valence-corrected chi connectivity index (χ3v) is 7.37. The van der Waals surface area contributed by atoms with Crippen LogP contribution in [0.25, 0.3) is 22.2 Å². The predicted molar refractivity (Wildman–Crippen MR) is 170 cm³/mol. The summed E-state index contributed by atoms with van der Waals surface area (Å²) in [6.45, 7) is 0.235. The molecule has 5 aromatic rings. The standard InChI is InChI=1S/C31H20I2N4O2/c32-24-14-23(30(27(33)15-24)39-19-22-11-5-4-10-21(22)17-34)18-35-37-31(38)26-16-29(20-8-2-1-3-9-20)36-28-13-7-6-12-25(26)28/h1-16,18H,19H2,(H,37,38)/b35-18-. The van der Waals surface area contributed by atoms with Crippen molar-refractivity contribution in [1.82, 2.24) is 10.4 Å². The average molecular weight is 734 g/mol. The zero-order valence-corrected chi connectivity index (χ0v) is 24.8. The molecule has 5 rings (SSSR count). The number of carbonyl (C=O) groups is 1. The maximum atomic E-state index is 13.3. The first-order valence-corrected chi connectivity index (χ1v) is 14.1. The molecule has 1 N–H and O–H groups in total. The second-order valence-corrected chi connectivity index (χ2v) is 10.9. The highest BCUT2D eigenvalue weighted by Gasteiger charge is 2.14. The monoisotopic (exact) mass is 734 g/mol. The SMILES string of the molecule is N#Cc1ccccc1COc1c(I)cc(I)cc1/C=N\NC(=O)c1cc(-c2ccccc2)nc2ccccc12. The lowest BCUT2D eigenvalue weighted by molar-refractivity contribution is 0.0956. The Balaban J connectivity index is 1.41. The minimum absolute atomic E-state index is 0.235. The van der Waals surface area contributed by atoms with Gasteiger partial charge < -0.3 is 4.74 Å². The topological polar surface area (TPSA) is 87.4 Å². The Hall–Kier alpha value is -3.82. The quantitative estimate of drug-likeness (QED) is 0.108. The number of aromatic nitrogens is 1. The van der Waals surface area contributed by atoms with Gasteiger partial charge in [0.2, 0.25) is 0 Å². The Kier molecular flexibility index (Phi) is 8.48. The molecule has 0 saturated carbocycles. The van der Waals surface area contributed by atoms with Gasteiger partial charge in [0.25, 0.3) is 5.91 Å². The Morgan fingerprint density at radius 1 is 0.974 bits per heavy atom. The van der Waals surface area contributed by atoms with E-state index in [2.05, 4.69) is 61.8 Å². The molecule has 0 saturated heterocycles. The first-order chi connectivity index (χ1) is 19.0. The summed E-state index contributed by atoms with van der Waals surface area (Å²) in [5, 5.41) is 14.4. The van der Waals surface area contributed by atoms with E-state index in [1.807, 2.05) is 84.9 Å². The van der Waals surface area contributed by atoms with Gasteiger partial charge in [-0.15, -0.1) is 0 Å². The van der Waals surface area contributed by atoms with Crippen LogP contribution in [0.3, 0.4) is 0 Å². The minimum Gasteiger partial charge on any atom is -0.487 e. The average Bonchev–Trinajstić information content (AvgIpc) is 2.96. The Morgan fingerprint density at radius 3 is 2.54 bits per heavy atom. The van der Waals surface area contributed by atoms with Gasteiger partial charge in [0, 0.05) is 25.6 Å².